The molecular weight excluding hydrogens is 478 g/mol. The molecule has 4 aromatic rings. The Morgan fingerprint density at radius 2 is 1.95 bits per heavy atom. The van der Waals surface area contributed by atoms with Crippen molar-refractivity contribution in [3.8, 4) is 0 Å². The lowest BCUT2D eigenvalue weighted by molar-refractivity contribution is -0.139. The molecule has 0 spiro atoms. The average molecular weight is 506 g/mol. The molecule has 2 amide bonds. The highest BCUT2D eigenvalue weighted by atomic mass is 16.5. The van der Waals surface area contributed by atoms with E-state index in [1.165, 1.54) is 0 Å². The number of hydrogen-bond donors (Lipinski definition) is 6. The van der Waals surface area contributed by atoms with Crippen molar-refractivity contribution in [3.05, 3.63) is 77.7 Å². The van der Waals surface area contributed by atoms with Crippen molar-refractivity contribution in [3.63, 3.8) is 0 Å². The average Bonchev–Trinajstić information content (AvgIpc) is 3.57. The molecular formula is C25H27N7O5. The van der Waals surface area contributed by atoms with Gasteiger partial charge in [0.25, 0.3) is 5.91 Å². The lowest BCUT2D eigenvalue weighted by Gasteiger charge is -2.15. The maximum atomic E-state index is 12.6. The molecule has 0 saturated carbocycles. The summed E-state index contributed by atoms with van der Waals surface area (Å²) in [7, 11) is 0. The smallest absolute Gasteiger partial charge is 0.408 e. The van der Waals surface area contributed by atoms with Gasteiger partial charge in [-0.1, -0.05) is 36.4 Å². The molecule has 0 fully saturated rings. The van der Waals surface area contributed by atoms with Gasteiger partial charge in [0.05, 0.1) is 5.52 Å². The topological polar surface area (TPSA) is 174 Å². The number of anilines is 1. The molecule has 0 aliphatic heterocycles. The minimum Gasteiger partial charge on any atom is -0.480 e. The zero-order valence-corrected chi connectivity index (χ0v) is 19.9. The van der Waals surface area contributed by atoms with Crippen molar-refractivity contribution in [2.45, 2.75) is 25.5 Å². The highest BCUT2D eigenvalue weighted by Crippen LogP contribution is 2.19. The van der Waals surface area contributed by atoms with E-state index in [2.05, 4.69) is 36.1 Å². The zero-order chi connectivity index (χ0) is 26.0. The molecule has 12 nitrogen and oxygen atoms in total. The SMILES string of the molecule is O=C(NC(CNC(=O)c1ccc2c(CCCNc3ncc[nH]3)[nH]nc2c1)C(=O)O)OCc1ccccc1. The van der Waals surface area contributed by atoms with Crippen molar-refractivity contribution in [2.24, 2.45) is 0 Å². The monoisotopic (exact) mass is 505 g/mol. The number of nitrogens with zero attached hydrogens (tertiary/aromatic N) is 2. The van der Waals surface area contributed by atoms with Crippen LogP contribution in [-0.2, 0) is 22.6 Å². The van der Waals surface area contributed by atoms with E-state index in [0.29, 0.717) is 11.1 Å². The van der Waals surface area contributed by atoms with E-state index in [0.717, 1.165) is 42.0 Å². The number of carboxylic acids is 1. The van der Waals surface area contributed by atoms with Crippen molar-refractivity contribution in [2.75, 3.05) is 18.4 Å². The molecule has 37 heavy (non-hydrogen) atoms. The number of hydrogen-bond acceptors (Lipinski definition) is 7. The molecule has 6 N–H and O–H groups in total. The molecule has 0 saturated heterocycles. The number of amides is 2. The van der Waals surface area contributed by atoms with Gasteiger partial charge in [-0.2, -0.15) is 5.10 Å². The Kier molecular flexibility index (Phi) is 8.32. The van der Waals surface area contributed by atoms with E-state index in [9.17, 15) is 19.5 Å². The minimum atomic E-state index is -1.36. The number of fused-ring (bicyclic) bond motifs is 1. The highest BCUT2D eigenvalue weighted by molar-refractivity contribution is 5.98. The summed E-state index contributed by atoms with van der Waals surface area (Å²) < 4.78 is 5.06. The fraction of sp³-hybridized carbons (Fsp3) is 0.240. The lowest BCUT2D eigenvalue weighted by atomic mass is 10.1. The number of aromatic nitrogens is 4. The summed E-state index contributed by atoms with van der Waals surface area (Å²) in [6.07, 6.45) is 4.13. The van der Waals surface area contributed by atoms with Crippen LogP contribution in [0.3, 0.4) is 0 Å². The third-order valence-electron chi connectivity index (χ3n) is 5.56. The van der Waals surface area contributed by atoms with Gasteiger partial charge >= 0.3 is 12.1 Å². The van der Waals surface area contributed by atoms with Gasteiger partial charge < -0.3 is 30.8 Å². The molecule has 0 radical (unpaired) electrons. The molecule has 2 heterocycles. The number of carbonyl (C=O) groups excluding carboxylic acids is 2. The molecule has 12 heteroatoms. The standard InChI is InChI=1S/C25H27N7O5/c33-22(29-14-21(23(34)35)30-25(36)37-15-16-5-2-1-3-6-16)17-8-9-18-19(31-32-20(18)13-17)7-4-10-26-24-27-11-12-28-24/h1-3,5-6,8-9,11-13,21H,4,7,10,14-15H2,(H,29,33)(H,30,36)(H,31,32)(H,34,35)(H2,26,27,28). The van der Waals surface area contributed by atoms with Gasteiger partial charge in [0.15, 0.2) is 5.95 Å². The number of imidazole rings is 1. The van der Waals surface area contributed by atoms with Crippen LogP contribution in [0.25, 0.3) is 10.9 Å². The van der Waals surface area contributed by atoms with E-state index in [-0.39, 0.29) is 13.2 Å². The van der Waals surface area contributed by atoms with Crippen LogP contribution in [0.15, 0.2) is 60.9 Å². The number of benzene rings is 2. The Bertz CT molecular complexity index is 1340. The minimum absolute atomic E-state index is 0.00245. The first-order valence-electron chi connectivity index (χ1n) is 11.7. The van der Waals surface area contributed by atoms with Crippen molar-refractivity contribution in [1.29, 1.82) is 0 Å². The number of H-pyrrole nitrogens is 2. The normalized spacial score (nSPS) is 11.6. The summed E-state index contributed by atoms with van der Waals surface area (Å²) in [6.45, 7) is 0.408. The summed E-state index contributed by atoms with van der Waals surface area (Å²) in [5.74, 6) is -1.07. The maximum Gasteiger partial charge on any atom is 0.408 e. The summed E-state index contributed by atoms with van der Waals surface area (Å²) in [4.78, 5) is 43.3. The zero-order valence-electron chi connectivity index (χ0n) is 19.9. The summed E-state index contributed by atoms with van der Waals surface area (Å²) >= 11 is 0. The Morgan fingerprint density at radius 1 is 1.11 bits per heavy atom. The number of nitrogens with one attached hydrogen (secondary N) is 5. The molecule has 4 rings (SSSR count). The largest absolute Gasteiger partial charge is 0.480 e. The van der Waals surface area contributed by atoms with Crippen LogP contribution >= 0.6 is 0 Å². The van der Waals surface area contributed by atoms with E-state index >= 15 is 0 Å². The number of alkyl carbamates (subject to hydrolysis) is 1. The first-order valence-corrected chi connectivity index (χ1v) is 11.7. The number of aliphatic carboxylic acids is 1. The van der Waals surface area contributed by atoms with Gasteiger partial charge in [-0.15, -0.1) is 0 Å². The number of aromatic amines is 2. The van der Waals surface area contributed by atoms with Crippen LogP contribution in [-0.4, -0.2) is 62.4 Å². The van der Waals surface area contributed by atoms with Crippen LogP contribution in [0.4, 0.5) is 10.7 Å². The van der Waals surface area contributed by atoms with Crippen LogP contribution in [0, 0.1) is 0 Å². The second kappa shape index (κ2) is 12.2. The molecule has 2 aromatic carbocycles. The third kappa shape index (κ3) is 7.07. The van der Waals surface area contributed by atoms with Crippen molar-refractivity contribution < 1.29 is 24.2 Å². The van der Waals surface area contributed by atoms with Gasteiger partial charge in [0, 0.05) is 42.1 Å². The van der Waals surface area contributed by atoms with E-state index in [4.69, 9.17) is 4.74 Å². The van der Waals surface area contributed by atoms with Crippen LogP contribution in [0.2, 0.25) is 0 Å². The highest BCUT2D eigenvalue weighted by Gasteiger charge is 2.22. The quantitative estimate of drug-likeness (QED) is 0.159. The third-order valence-corrected chi connectivity index (χ3v) is 5.56. The lowest BCUT2D eigenvalue weighted by Crippen LogP contribution is -2.48. The van der Waals surface area contributed by atoms with Crippen LogP contribution in [0.5, 0.6) is 0 Å². The fourth-order valence-electron chi connectivity index (χ4n) is 3.64. The Hall–Kier alpha value is -4.87. The van der Waals surface area contributed by atoms with Gasteiger partial charge in [-0.05, 0) is 30.5 Å². The molecule has 2 aromatic heterocycles. The van der Waals surface area contributed by atoms with E-state index < -0.39 is 24.0 Å². The van der Waals surface area contributed by atoms with Crippen molar-refractivity contribution in [1.82, 2.24) is 30.8 Å². The number of rotatable bonds is 12. The van der Waals surface area contributed by atoms with E-state index in [1.54, 1.807) is 54.9 Å². The Morgan fingerprint density at radius 3 is 2.70 bits per heavy atom. The fourth-order valence-corrected chi connectivity index (χ4v) is 3.64. The molecule has 0 aliphatic carbocycles. The molecule has 1 unspecified atom stereocenters. The Balaban J connectivity index is 1.26. The number of ether oxygens (including phenoxy) is 1. The molecule has 1 atom stereocenters. The summed E-state index contributed by atoms with van der Waals surface area (Å²) in [5.41, 5.74) is 2.66. The number of carbonyl (C=O) groups is 3. The van der Waals surface area contributed by atoms with Gasteiger partial charge in [-0.3, -0.25) is 9.89 Å². The van der Waals surface area contributed by atoms with Crippen LogP contribution < -0.4 is 16.0 Å². The first kappa shape index (κ1) is 25.2. The van der Waals surface area contributed by atoms with Gasteiger partial charge in [-0.25, -0.2) is 14.6 Å². The van der Waals surface area contributed by atoms with Crippen molar-refractivity contribution >= 4 is 34.8 Å². The summed E-state index contributed by atoms with van der Waals surface area (Å²) in [5, 5.41) is 25.6. The molecule has 192 valence electrons. The number of aryl methyl sites for hydroxylation is 1. The maximum absolute atomic E-state index is 12.6. The van der Waals surface area contributed by atoms with Crippen LogP contribution in [0.1, 0.15) is 28.0 Å². The summed E-state index contributed by atoms with van der Waals surface area (Å²) in [6, 6.07) is 12.7. The van der Waals surface area contributed by atoms with Gasteiger partial charge in [0.1, 0.15) is 12.6 Å². The molecule has 0 aliphatic rings. The van der Waals surface area contributed by atoms with Gasteiger partial charge in [0.2, 0.25) is 0 Å². The second-order valence-electron chi connectivity index (χ2n) is 8.21. The predicted molar refractivity (Wildman–Crippen MR) is 135 cm³/mol. The Labute approximate surface area is 211 Å². The molecule has 0 bridgehead atoms. The number of carboxylic acid groups (broad SMARTS) is 1. The second-order valence-corrected chi connectivity index (χ2v) is 8.21. The van der Waals surface area contributed by atoms with E-state index in [1.807, 2.05) is 6.07 Å². The predicted octanol–water partition coefficient (Wildman–Crippen LogP) is 2.44. The first-order chi connectivity index (χ1) is 18.0.